The molecule has 2 aliphatic carbocycles. The monoisotopic (exact) mass is 290 g/mol. The summed E-state index contributed by atoms with van der Waals surface area (Å²) in [5, 5.41) is 0. The highest BCUT2D eigenvalue weighted by molar-refractivity contribution is 5.89. The van der Waals surface area contributed by atoms with E-state index >= 15 is 0 Å². The molecule has 114 valence electrons. The molecule has 0 aliphatic heterocycles. The van der Waals surface area contributed by atoms with Gasteiger partial charge in [0.05, 0.1) is 0 Å². The van der Waals surface area contributed by atoms with Crippen LogP contribution in [-0.4, -0.2) is 0 Å². The normalized spacial score (nSPS) is 23.0. The fourth-order valence-corrected chi connectivity index (χ4v) is 3.75. The lowest BCUT2D eigenvalue weighted by Gasteiger charge is -2.22. The van der Waals surface area contributed by atoms with Gasteiger partial charge in [-0.25, -0.2) is 0 Å². The van der Waals surface area contributed by atoms with Crippen LogP contribution in [0.25, 0.3) is 5.57 Å². The van der Waals surface area contributed by atoms with Gasteiger partial charge in [-0.05, 0) is 61.0 Å². The van der Waals surface area contributed by atoms with Crippen LogP contribution in [0.5, 0.6) is 0 Å². The van der Waals surface area contributed by atoms with Crippen molar-refractivity contribution in [1.29, 1.82) is 0 Å². The fraction of sp³-hybridized carbons (Fsp3) is 0.364. The van der Waals surface area contributed by atoms with Gasteiger partial charge in [-0.2, -0.15) is 0 Å². The van der Waals surface area contributed by atoms with Crippen molar-refractivity contribution in [3.8, 4) is 0 Å². The van der Waals surface area contributed by atoms with E-state index in [1.165, 1.54) is 46.3 Å². The predicted octanol–water partition coefficient (Wildman–Crippen LogP) is 6.28. The van der Waals surface area contributed by atoms with Crippen LogP contribution in [0.15, 0.2) is 59.7 Å². The van der Waals surface area contributed by atoms with E-state index in [9.17, 15) is 0 Å². The van der Waals surface area contributed by atoms with Crippen molar-refractivity contribution < 1.29 is 0 Å². The number of aryl methyl sites for hydroxylation is 1. The molecule has 1 aromatic rings. The highest BCUT2D eigenvalue weighted by Gasteiger charge is 2.37. The lowest BCUT2D eigenvalue weighted by Crippen LogP contribution is -2.15. The summed E-state index contributed by atoms with van der Waals surface area (Å²) < 4.78 is 0. The molecule has 0 amide bonds. The third kappa shape index (κ3) is 2.52. The van der Waals surface area contributed by atoms with Crippen molar-refractivity contribution in [2.24, 2.45) is 0 Å². The van der Waals surface area contributed by atoms with E-state index in [0.29, 0.717) is 0 Å². The number of allylic oxidation sites excluding steroid dienone is 8. The van der Waals surface area contributed by atoms with Crippen LogP contribution in [0.3, 0.4) is 0 Å². The number of rotatable bonds is 2. The molecule has 1 aromatic carbocycles. The Labute approximate surface area is 135 Å². The van der Waals surface area contributed by atoms with Crippen LogP contribution in [0.1, 0.15) is 56.7 Å². The summed E-state index contributed by atoms with van der Waals surface area (Å²) in [7, 11) is 0. The van der Waals surface area contributed by atoms with E-state index in [-0.39, 0.29) is 5.41 Å². The van der Waals surface area contributed by atoms with Crippen molar-refractivity contribution in [2.75, 3.05) is 0 Å². The Morgan fingerprint density at radius 2 is 2.00 bits per heavy atom. The third-order valence-electron chi connectivity index (χ3n) is 5.00. The first-order valence-corrected chi connectivity index (χ1v) is 8.38. The number of hydrogen-bond donors (Lipinski definition) is 0. The van der Waals surface area contributed by atoms with Gasteiger partial charge >= 0.3 is 0 Å². The van der Waals surface area contributed by atoms with Gasteiger partial charge in [0, 0.05) is 5.41 Å². The maximum atomic E-state index is 2.45. The Balaban J connectivity index is 2.01. The smallest absolute Gasteiger partial charge is 0.0155 e. The van der Waals surface area contributed by atoms with Gasteiger partial charge in [-0.3, -0.25) is 0 Å². The Bertz CT molecular complexity index is 706. The van der Waals surface area contributed by atoms with Gasteiger partial charge in [-0.15, -0.1) is 0 Å². The fourth-order valence-electron chi connectivity index (χ4n) is 3.75. The summed E-state index contributed by atoms with van der Waals surface area (Å²) in [6, 6.07) is 6.88. The average molecular weight is 290 g/mol. The van der Waals surface area contributed by atoms with Crippen molar-refractivity contribution in [3.63, 3.8) is 0 Å². The van der Waals surface area contributed by atoms with E-state index in [0.717, 1.165) is 6.42 Å². The van der Waals surface area contributed by atoms with Gasteiger partial charge in [0.1, 0.15) is 0 Å². The second-order valence-corrected chi connectivity index (χ2v) is 6.96. The van der Waals surface area contributed by atoms with E-state index in [1.54, 1.807) is 0 Å². The zero-order chi connectivity index (χ0) is 15.7. The lowest BCUT2D eigenvalue weighted by molar-refractivity contribution is 0.657. The molecule has 0 saturated heterocycles. The molecular formula is C22H26. The minimum atomic E-state index is 0.0993. The summed E-state index contributed by atoms with van der Waals surface area (Å²) in [5.41, 5.74) is 8.69. The second kappa shape index (κ2) is 5.76. The summed E-state index contributed by atoms with van der Waals surface area (Å²) in [6.45, 7) is 9.07. The molecule has 0 heteroatoms. The van der Waals surface area contributed by atoms with Crippen molar-refractivity contribution in [3.05, 3.63) is 76.4 Å². The number of fused-ring (bicyclic) bond motifs is 1. The maximum Gasteiger partial charge on any atom is 0.0155 e. The number of hydrogen-bond acceptors (Lipinski definition) is 0. The second-order valence-electron chi connectivity index (χ2n) is 6.96. The van der Waals surface area contributed by atoms with Gasteiger partial charge in [0.25, 0.3) is 0 Å². The molecular weight excluding hydrogens is 264 g/mol. The van der Waals surface area contributed by atoms with E-state index in [4.69, 9.17) is 0 Å². The van der Waals surface area contributed by atoms with Gasteiger partial charge in [0.15, 0.2) is 0 Å². The zero-order valence-electron chi connectivity index (χ0n) is 14.2. The predicted molar refractivity (Wildman–Crippen MR) is 97.0 cm³/mol. The third-order valence-corrected chi connectivity index (χ3v) is 5.00. The summed E-state index contributed by atoms with van der Waals surface area (Å²) >= 11 is 0. The van der Waals surface area contributed by atoms with Crippen LogP contribution in [0.2, 0.25) is 0 Å². The molecule has 0 radical (unpaired) electrons. The summed E-state index contributed by atoms with van der Waals surface area (Å²) in [6.07, 6.45) is 15.1. The molecule has 0 N–H and O–H groups in total. The standard InChI is InChI=1S/C22H26/c1-5-18-19-13-11-16(2)15-21(19)22(3,4)20(18)14-12-17-9-7-6-8-10-17/h5,7,9-11,13-15H,6,8,12H2,1-4H3/b18-5-,20-14+. The molecule has 0 atom stereocenters. The topological polar surface area (TPSA) is 0 Å². The molecule has 3 rings (SSSR count). The Kier molecular flexibility index (Phi) is 3.95. The quantitative estimate of drug-likeness (QED) is 0.601. The maximum absolute atomic E-state index is 2.45. The van der Waals surface area contributed by atoms with Gasteiger partial charge in [0.2, 0.25) is 0 Å². The highest BCUT2D eigenvalue weighted by Crippen LogP contribution is 2.50. The molecule has 0 aromatic heterocycles. The molecule has 2 aliphatic rings. The first kappa shape index (κ1) is 15.1. The van der Waals surface area contributed by atoms with E-state index in [1.807, 2.05) is 0 Å². The highest BCUT2D eigenvalue weighted by atomic mass is 14.4. The molecule has 0 spiro atoms. The van der Waals surface area contributed by atoms with Gasteiger partial charge < -0.3 is 0 Å². The first-order valence-electron chi connectivity index (χ1n) is 8.38. The van der Waals surface area contributed by atoms with E-state index < -0.39 is 0 Å². The molecule has 0 unspecified atom stereocenters. The molecule has 22 heavy (non-hydrogen) atoms. The summed E-state index contributed by atoms with van der Waals surface area (Å²) in [5.74, 6) is 0. The van der Waals surface area contributed by atoms with Crippen LogP contribution in [0.4, 0.5) is 0 Å². The van der Waals surface area contributed by atoms with Crippen LogP contribution in [-0.2, 0) is 5.41 Å². The Morgan fingerprint density at radius 1 is 1.18 bits per heavy atom. The minimum Gasteiger partial charge on any atom is -0.0840 e. The van der Waals surface area contributed by atoms with Crippen LogP contribution >= 0.6 is 0 Å². The van der Waals surface area contributed by atoms with Crippen molar-refractivity contribution >= 4 is 5.57 Å². The Hall–Kier alpha value is -1.82. The van der Waals surface area contributed by atoms with Crippen molar-refractivity contribution in [2.45, 2.75) is 52.4 Å². The molecule has 0 saturated carbocycles. The molecule has 0 bridgehead atoms. The lowest BCUT2D eigenvalue weighted by atomic mass is 9.81. The summed E-state index contributed by atoms with van der Waals surface area (Å²) in [4.78, 5) is 0. The van der Waals surface area contributed by atoms with Crippen LogP contribution in [0, 0.1) is 6.92 Å². The molecule has 0 nitrogen and oxygen atoms in total. The molecule has 0 fully saturated rings. The van der Waals surface area contributed by atoms with Crippen LogP contribution < -0.4 is 0 Å². The SMILES string of the molecule is C/C=C1\C(=C/CC2=CCCC=C2)C(C)(C)c2cc(C)ccc21. The minimum absolute atomic E-state index is 0.0993. The van der Waals surface area contributed by atoms with Gasteiger partial charge in [-0.1, -0.05) is 68.0 Å². The molecule has 0 heterocycles. The van der Waals surface area contributed by atoms with Crippen molar-refractivity contribution in [1.82, 2.24) is 0 Å². The first-order chi connectivity index (χ1) is 10.5. The zero-order valence-corrected chi connectivity index (χ0v) is 14.2. The van der Waals surface area contributed by atoms with E-state index in [2.05, 4.69) is 76.3 Å². The Morgan fingerprint density at radius 3 is 2.68 bits per heavy atom. The largest absolute Gasteiger partial charge is 0.0840 e. The average Bonchev–Trinajstić information content (AvgIpc) is 2.73. The number of benzene rings is 1.